The van der Waals surface area contributed by atoms with Crippen LogP contribution in [0.5, 0.6) is 0 Å². The fraction of sp³-hybridized carbons (Fsp3) is 0.467. The molecular weight excluding hydrogens is 211 g/mol. The fourth-order valence-electron chi connectivity index (χ4n) is 1.50. The largest absolute Gasteiger partial charge is 0.106 e. The van der Waals surface area contributed by atoms with Gasteiger partial charge >= 0.3 is 0 Å². The zero-order valence-electron chi connectivity index (χ0n) is 11.1. The molecule has 0 aromatic heterocycles. The molecule has 2 atom stereocenters. The van der Waals surface area contributed by atoms with Gasteiger partial charge in [-0.2, -0.15) is 0 Å². The zero-order chi connectivity index (χ0) is 12.7. The van der Waals surface area contributed by atoms with Gasteiger partial charge in [0.2, 0.25) is 0 Å². The van der Waals surface area contributed by atoms with E-state index in [2.05, 4.69) is 62.2 Å². The first-order chi connectivity index (χ1) is 7.38. The van der Waals surface area contributed by atoms with Gasteiger partial charge < -0.3 is 0 Å². The summed E-state index contributed by atoms with van der Waals surface area (Å²) < 4.78 is 0. The van der Waals surface area contributed by atoms with Gasteiger partial charge in [-0.3, -0.25) is 0 Å². The molecule has 0 rings (SSSR count). The third kappa shape index (κ3) is 6.08. The van der Waals surface area contributed by atoms with Crippen molar-refractivity contribution in [3.63, 3.8) is 0 Å². The van der Waals surface area contributed by atoms with Crippen molar-refractivity contribution in [1.29, 1.82) is 0 Å². The molecule has 90 valence electrons. The number of hydrogen-bond acceptors (Lipinski definition) is 0. The Labute approximate surface area is 103 Å². The zero-order valence-corrected chi connectivity index (χ0v) is 12.2. The quantitative estimate of drug-likeness (QED) is 0.341. The number of rotatable bonds is 6. The van der Waals surface area contributed by atoms with Crippen molar-refractivity contribution in [3.8, 4) is 0 Å². The molecular formula is C15H25P. The second-order valence-corrected chi connectivity index (χ2v) is 5.36. The monoisotopic (exact) mass is 236 g/mol. The first-order valence-electron chi connectivity index (χ1n) is 5.84. The maximum Gasteiger partial charge on any atom is -0.0156 e. The maximum absolute atomic E-state index is 4.13. The molecule has 0 saturated carbocycles. The van der Waals surface area contributed by atoms with E-state index in [-0.39, 0.29) is 0 Å². The summed E-state index contributed by atoms with van der Waals surface area (Å²) in [5, 5.41) is 1.01. The molecule has 0 radical (unpaired) electrons. The molecule has 0 aliphatic rings. The molecule has 0 nitrogen and oxygen atoms in total. The molecule has 0 aromatic carbocycles. The van der Waals surface area contributed by atoms with Crippen LogP contribution in [0, 0.1) is 11.8 Å². The minimum absolute atomic E-state index is 0.528. The molecule has 0 bridgehead atoms. The lowest BCUT2D eigenvalue weighted by Crippen LogP contribution is -2.02. The summed E-state index contributed by atoms with van der Waals surface area (Å²) in [4.78, 5) is 0. The minimum atomic E-state index is 0.528. The van der Waals surface area contributed by atoms with Gasteiger partial charge in [0, 0.05) is 0 Å². The van der Waals surface area contributed by atoms with Crippen LogP contribution in [-0.2, 0) is 0 Å². The van der Waals surface area contributed by atoms with Crippen LogP contribution < -0.4 is 0 Å². The highest BCUT2D eigenvalue weighted by molar-refractivity contribution is 7.22. The van der Waals surface area contributed by atoms with Crippen LogP contribution >= 0.6 is 9.24 Å². The van der Waals surface area contributed by atoms with Crippen LogP contribution in [-0.4, -0.2) is 0 Å². The van der Waals surface area contributed by atoms with E-state index in [1.807, 2.05) is 6.08 Å². The van der Waals surface area contributed by atoms with E-state index >= 15 is 0 Å². The van der Waals surface area contributed by atoms with Crippen molar-refractivity contribution in [3.05, 3.63) is 47.8 Å². The Kier molecular flexibility index (Phi) is 7.34. The molecule has 0 saturated heterocycles. The van der Waals surface area contributed by atoms with Gasteiger partial charge in [-0.15, -0.1) is 9.24 Å². The third-order valence-corrected chi connectivity index (χ3v) is 2.97. The molecule has 1 heteroatoms. The third-order valence-electron chi connectivity index (χ3n) is 2.78. The van der Waals surface area contributed by atoms with Gasteiger partial charge in [0.25, 0.3) is 0 Å². The normalized spacial score (nSPS) is 14.5. The lowest BCUT2D eigenvalue weighted by molar-refractivity contribution is 0.618. The van der Waals surface area contributed by atoms with E-state index in [9.17, 15) is 0 Å². The van der Waals surface area contributed by atoms with Crippen LogP contribution in [0.2, 0.25) is 0 Å². The molecule has 0 aliphatic carbocycles. The van der Waals surface area contributed by atoms with Crippen molar-refractivity contribution in [2.24, 2.45) is 11.8 Å². The van der Waals surface area contributed by atoms with Gasteiger partial charge in [0.05, 0.1) is 0 Å². The summed E-state index contributed by atoms with van der Waals surface area (Å²) in [6, 6.07) is 0. The van der Waals surface area contributed by atoms with Gasteiger partial charge in [-0.1, -0.05) is 57.7 Å². The van der Waals surface area contributed by atoms with E-state index in [0.717, 1.165) is 11.7 Å². The van der Waals surface area contributed by atoms with Crippen LogP contribution in [0.3, 0.4) is 0 Å². The second-order valence-electron chi connectivity index (χ2n) is 4.62. The highest BCUT2D eigenvalue weighted by atomic mass is 31.0. The van der Waals surface area contributed by atoms with E-state index in [4.69, 9.17) is 0 Å². The molecule has 0 spiro atoms. The highest BCUT2D eigenvalue weighted by Gasteiger charge is 2.09. The average molecular weight is 236 g/mol. The molecule has 0 amide bonds. The molecule has 16 heavy (non-hydrogen) atoms. The Morgan fingerprint density at radius 3 is 2.12 bits per heavy atom. The fourth-order valence-corrected chi connectivity index (χ4v) is 1.59. The predicted octanol–water partition coefficient (Wildman–Crippen LogP) is 5.12. The van der Waals surface area contributed by atoms with Crippen LogP contribution in [0.25, 0.3) is 0 Å². The summed E-state index contributed by atoms with van der Waals surface area (Å²) in [6.45, 7) is 16.7. The highest BCUT2D eigenvalue weighted by Crippen LogP contribution is 2.24. The van der Waals surface area contributed by atoms with E-state index in [1.54, 1.807) is 0 Å². The van der Waals surface area contributed by atoms with Gasteiger partial charge in [-0.05, 0) is 36.1 Å². The Bertz CT molecular complexity index is 305. The summed E-state index contributed by atoms with van der Waals surface area (Å²) >= 11 is 0. The van der Waals surface area contributed by atoms with Crippen LogP contribution in [0.15, 0.2) is 47.8 Å². The molecule has 0 aromatic rings. The minimum Gasteiger partial charge on any atom is -0.106 e. The average Bonchev–Trinajstić information content (AvgIpc) is 2.17. The summed E-state index contributed by atoms with van der Waals surface area (Å²) in [5.74, 6) is 1.10. The first-order valence-corrected chi connectivity index (χ1v) is 6.42. The van der Waals surface area contributed by atoms with Crippen LogP contribution in [0.4, 0.5) is 0 Å². The van der Waals surface area contributed by atoms with Crippen molar-refractivity contribution in [2.45, 2.75) is 34.1 Å². The predicted molar refractivity (Wildman–Crippen MR) is 79.5 cm³/mol. The lowest BCUT2D eigenvalue weighted by atomic mass is 9.89. The molecule has 0 aliphatic heterocycles. The summed E-state index contributed by atoms with van der Waals surface area (Å²) in [5.41, 5.74) is 2.68. The maximum atomic E-state index is 4.13. The Morgan fingerprint density at radius 1 is 1.19 bits per heavy atom. The number of allylic oxidation sites excluding steroid dienone is 6. The van der Waals surface area contributed by atoms with Crippen molar-refractivity contribution in [1.82, 2.24) is 0 Å². The Hall–Kier alpha value is -0.610. The van der Waals surface area contributed by atoms with Gasteiger partial charge in [0.15, 0.2) is 0 Å². The lowest BCUT2D eigenvalue weighted by Gasteiger charge is -2.17. The smallest absolute Gasteiger partial charge is 0.0156 e. The Morgan fingerprint density at radius 2 is 1.75 bits per heavy atom. The molecule has 0 N–H and O–H groups in total. The molecule has 0 fully saturated rings. The summed E-state index contributed by atoms with van der Waals surface area (Å²) in [7, 11) is 2.60. The molecule has 2 unspecified atom stereocenters. The SMILES string of the molecule is C=C(P)/C=C\C(=C/C)C(C)CC(=C)C(C)C. The van der Waals surface area contributed by atoms with E-state index < -0.39 is 0 Å². The summed E-state index contributed by atoms with van der Waals surface area (Å²) in [6.07, 6.45) is 7.41. The first kappa shape index (κ1) is 15.4. The van der Waals surface area contributed by atoms with Crippen LogP contribution in [0.1, 0.15) is 34.1 Å². The Balaban J connectivity index is 4.50. The van der Waals surface area contributed by atoms with Crippen molar-refractivity contribution in [2.75, 3.05) is 0 Å². The number of hydrogen-bond donors (Lipinski definition) is 0. The van der Waals surface area contributed by atoms with E-state index in [1.165, 1.54) is 11.1 Å². The van der Waals surface area contributed by atoms with E-state index in [0.29, 0.717) is 11.8 Å². The second kappa shape index (κ2) is 7.63. The van der Waals surface area contributed by atoms with Gasteiger partial charge in [0.1, 0.15) is 0 Å². The van der Waals surface area contributed by atoms with Crippen molar-refractivity contribution >= 4 is 9.24 Å². The van der Waals surface area contributed by atoms with Crippen molar-refractivity contribution < 1.29 is 0 Å². The van der Waals surface area contributed by atoms with Gasteiger partial charge in [-0.25, -0.2) is 0 Å². The topological polar surface area (TPSA) is 0 Å². The standard InChI is InChI=1S/C15H25P/c1-7-15(9-8-14(6)16)13(5)10-12(4)11(2)3/h7-9,11,13H,4,6,10,16H2,1-3,5H3/b9-8-,15-7+. The molecule has 0 heterocycles.